The van der Waals surface area contributed by atoms with Crippen LogP contribution >= 0.6 is 11.6 Å². The Bertz CT molecular complexity index is 1080. The third-order valence-corrected chi connectivity index (χ3v) is 5.29. The van der Waals surface area contributed by atoms with Crippen LogP contribution < -0.4 is 10.5 Å². The fourth-order valence-corrected chi connectivity index (χ4v) is 3.53. The third-order valence-electron chi connectivity index (χ3n) is 5.03. The fourth-order valence-electron chi connectivity index (χ4n) is 3.41. The van der Waals surface area contributed by atoms with Gasteiger partial charge >= 0.3 is 6.03 Å². The molecule has 4 rings (SSSR count). The predicted molar refractivity (Wildman–Crippen MR) is 139 cm³/mol. The van der Waals surface area contributed by atoms with Crippen LogP contribution in [0, 0.1) is 0 Å². The molecular weight excluding hydrogens is 466 g/mol. The third kappa shape index (κ3) is 8.12. The van der Waals surface area contributed by atoms with Crippen molar-refractivity contribution in [2.75, 3.05) is 26.2 Å². The number of ether oxygens (including phenoxy) is 1. The number of hydrogen-bond donors (Lipinski definition) is 1. The minimum atomic E-state index is -0.654. The van der Waals surface area contributed by atoms with E-state index in [-0.39, 0.29) is 11.7 Å². The molecule has 2 heterocycles. The molecule has 0 radical (unpaired) electrons. The Labute approximate surface area is 212 Å². The monoisotopic (exact) mass is 499 g/mol. The first-order chi connectivity index (χ1) is 17.0. The number of primary amides is 1. The summed E-state index contributed by atoms with van der Waals surface area (Å²) in [6, 6.07) is 16.4. The van der Waals surface area contributed by atoms with Gasteiger partial charge in [-0.15, -0.1) is 0 Å². The van der Waals surface area contributed by atoms with Crippen molar-refractivity contribution < 1.29 is 14.3 Å². The lowest BCUT2D eigenvalue weighted by atomic mass is 10.2. The first-order valence-corrected chi connectivity index (χ1v) is 12.3. The van der Waals surface area contributed by atoms with Crippen LogP contribution in [0.3, 0.4) is 0 Å². The Hall–Kier alpha value is -3.36. The Balaban J connectivity index is 0.00000103. The molecule has 0 aliphatic carbocycles. The highest BCUT2D eigenvalue weighted by molar-refractivity contribution is 6.30. The van der Waals surface area contributed by atoms with Crippen molar-refractivity contribution in [2.45, 2.75) is 34.2 Å². The highest BCUT2D eigenvalue weighted by atomic mass is 35.5. The van der Waals surface area contributed by atoms with Gasteiger partial charge in [0.1, 0.15) is 11.5 Å². The second kappa shape index (κ2) is 14.1. The van der Waals surface area contributed by atoms with E-state index in [1.165, 1.54) is 12.3 Å². The number of halogens is 1. The van der Waals surface area contributed by atoms with Gasteiger partial charge in [0.25, 0.3) is 5.91 Å². The standard InChI is InChI=1S/C22H22ClN5O3.2C2H6/c23-17-4-6-18(7-5-17)31-19-3-1-2-16(14-19)15-26-10-12-27(13-11-26)22(30)28-9-8-20(25-28)21(24)29;2*1-2/h1-9,14H,10-13,15H2,(H2,24,29);2*1-2H3. The van der Waals surface area contributed by atoms with E-state index < -0.39 is 5.91 Å². The highest BCUT2D eigenvalue weighted by Gasteiger charge is 2.23. The SMILES string of the molecule is CC.CC.NC(=O)c1ccn(C(=O)N2CCN(Cc3cccc(Oc4ccc(Cl)cc4)c3)CC2)n1. The van der Waals surface area contributed by atoms with Crippen molar-refractivity contribution in [1.29, 1.82) is 0 Å². The smallest absolute Gasteiger partial charge is 0.344 e. The van der Waals surface area contributed by atoms with Gasteiger partial charge in [-0.05, 0) is 48.0 Å². The molecule has 1 fully saturated rings. The maximum atomic E-state index is 12.6. The van der Waals surface area contributed by atoms with Crippen LogP contribution in [-0.4, -0.2) is 57.7 Å². The molecule has 0 unspecified atom stereocenters. The Morgan fingerprint density at radius 3 is 2.20 bits per heavy atom. The van der Waals surface area contributed by atoms with Crippen LogP contribution in [0.25, 0.3) is 0 Å². The van der Waals surface area contributed by atoms with Crippen LogP contribution in [0.4, 0.5) is 4.79 Å². The summed E-state index contributed by atoms with van der Waals surface area (Å²) in [6.45, 7) is 11.4. The second-order valence-electron chi connectivity index (χ2n) is 7.26. The summed E-state index contributed by atoms with van der Waals surface area (Å²) in [7, 11) is 0. The maximum absolute atomic E-state index is 12.6. The maximum Gasteiger partial charge on any atom is 0.344 e. The molecule has 8 nitrogen and oxygen atoms in total. The van der Waals surface area contributed by atoms with E-state index >= 15 is 0 Å². The fraction of sp³-hybridized carbons (Fsp3) is 0.346. The summed E-state index contributed by atoms with van der Waals surface area (Å²) >= 11 is 5.92. The molecule has 188 valence electrons. The van der Waals surface area contributed by atoms with E-state index in [4.69, 9.17) is 22.1 Å². The first-order valence-electron chi connectivity index (χ1n) is 11.9. The summed E-state index contributed by atoms with van der Waals surface area (Å²) in [5.41, 5.74) is 6.40. The molecule has 0 bridgehead atoms. The van der Waals surface area contributed by atoms with E-state index in [1.807, 2.05) is 58.0 Å². The minimum Gasteiger partial charge on any atom is -0.457 e. The molecule has 1 aliphatic rings. The van der Waals surface area contributed by atoms with Crippen molar-refractivity contribution in [3.05, 3.63) is 77.1 Å². The molecule has 1 aliphatic heterocycles. The second-order valence-corrected chi connectivity index (χ2v) is 7.70. The van der Waals surface area contributed by atoms with Crippen molar-refractivity contribution in [3.8, 4) is 11.5 Å². The minimum absolute atomic E-state index is 0.0766. The van der Waals surface area contributed by atoms with Crippen LogP contribution in [0.2, 0.25) is 5.02 Å². The molecule has 2 aromatic carbocycles. The van der Waals surface area contributed by atoms with Crippen LogP contribution in [0.15, 0.2) is 60.8 Å². The molecule has 2 N–H and O–H groups in total. The predicted octanol–water partition coefficient (Wildman–Crippen LogP) is 5.27. The van der Waals surface area contributed by atoms with Crippen LogP contribution in [-0.2, 0) is 6.54 Å². The number of piperazine rings is 1. The van der Waals surface area contributed by atoms with Gasteiger partial charge in [0, 0.05) is 43.9 Å². The van der Waals surface area contributed by atoms with Crippen molar-refractivity contribution >= 4 is 23.5 Å². The first kappa shape index (κ1) is 27.9. The number of nitrogens with zero attached hydrogens (tertiary/aromatic N) is 4. The Morgan fingerprint density at radius 1 is 0.943 bits per heavy atom. The summed E-state index contributed by atoms with van der Waals surface area (Å²) in [4.78, 5) is 27.7. The van der Waals surface area contributed by atoms with Crippen LogP contribution in [0.5, 0.6) is 11.5 Å². The Morgan fingerprint density at radius 2 is 1.60 bits per heavy atom. The van der Waals surface area contributed by atoms with Gasteiger partial charge in [0.2, 0.25) is 0 Å². The lowest BCUT2D eigenvalue weighted by Gasteiger charge is -2.34. The number of benzene rings is 2. The van der Waals surface area contributed by atoms with Gasteiger partial charge in [-0.25, -0.2) is 4.79 Å². The average Bonchev–Trinajstić information content (AvgIpc) is 3.39. The number of aromatic nitrogens is 2. The molecule has 35 heavy (non-hydrogen) atoms. The van der Waals surface area contributed by atoms with E-state index in [0.29, 0.717) is 18.1 Å². The van der Waals surface area contributed by atoms with E-state index in [0.717, 1.165) is 41.4 Å². The molecule has 0 saturated carbocycles. The van der Waals surface area contributed by atoms with Gasteiger partial charge in [0.05, 0.1) is 0 Å². The number of nitrogens with two attached hydrogens (primary N) is 1. The molecule has 1 saturated heterocycles. The summed E-state index contributed by atoms with van der Waals surface area (Å²) in [5, 5.41) is 4.60. The zero-order valence-corrected chi connectivity index (χ0v) is 21.5. The zero-order valence-electron chi connectivity index (χ0n) is 20.8. The molecular formula is C26H34ClN5O3. The van der Waals surface area contributed by atoms with Crippen molar-refractivity contribution in [1.82, 2.24) is 19.6 Å². The number of rotatable bonds is 5. The van der Waals surface area contributed by atoms with Gasteiger partial charge in [-0.2, -0.15) is 9.78 Å². The van der Waals surface area contributed by atoms with Gasteiger partial charge in [-0.1, -0.05) is 51.4 Å². The summed E-state index contributed by atoms with van der Waals surface area (Å²) < 4.78 is 7.07. The van der Waals surface area contributed by atoms with Crippen molar-refractivity contribution in [2.24, 2.45) is 5.73 Å². The zero-order chi connectivity index (χ0) is 25.8. The molecule has 2 amide bonds. The lowest BCUT2D eigenvalue weighted by Crippen LogP contribution is -2.49. The Kier molecular flexibility index (Phi) is 11.3. The van der Waals surface area contributed by atoms with Crippen molar-refractivity contribution in [3.63, 3.8) is 0 Å². The number of carbonyl (C=O) groups excluding carboxylic acids is 2. The van der Waals surface area contributed by atoms with Gasteiger partial charge < -0.3 is 15.4 Å². The molecule has 0 atom stereocenters. The number of hydrogen-bond acceptors (Lipinski definition) is 5. The topological polar surface area (TPSA) is 93.7 Å². The molecule has 9 heteroatoms. The summed E-state index contributed by atoms with van der Waals surface area (Å²) in [6.07, 6.45) is 1.46. The quantitative estimate of drug-likeness (QED) is 0.516. The number of carbonyl (C=O) groups is 2. The molecule has 0 spiro atoms. The highest BCUT2D eigenvalue weighted by Crippen LogP contribution is 2.24. The average molecular weight is 500 g/mol. The lowest BCUT2D eigenvalue weighted by molar-refractivity contribution is 0.0994. The van der Waals surface area contributed by atoms with E-state index in [2.05, 4.69) is 16.1 Å². The molecule has 1 aromatic heterocycles. The van der Waals surface area contributed by atoms with Gasteiger partial charge in [-0.3, -0.25) is 9.69 Å². The van der Waals surface area contributed by atoms with Crippen LogP contribution in [0.1, 0.15) is 43.7 Å². The summed E-state index contributed by atoms with van der Waals surface area (Å²) in [5.74, 6) is 0.836. The molecule has 3 aromatic rings. The van der Waals surface area contributed by atoms with Gasteiger partial charge in [0.15, 0.2) is 5.69 Å². The number of amides is 2. The van der Waals surface area contributed by atoms with E-state index in [1.54, 1.807) is 17.0 Å². The largest absolute Gasteiger partial charge is 0.457 e. The normalized spacial score (nSPS) is 13.1. The van der Waals surface area contributed by atoms with E-state index in [9.17, 15) is 9.59 Å².